The van der Waals surface area contributed by atoms with Gasteiger partial charge in [0.15, 0.2) is 6.29 Å². The Bertz CT molecular complexity index is 770. The largest absolute Gasteiger partial charge is 0.508 e. The van der Waals surface area contributed by atoms with Crippen molar-refractivity contribution < 1.29 is 9.90 Å². The van der Waals surface area contributed by atoms with Crippen molar-refractivity contribution in [1.29, 1.82) is 0 Å². The molecule has 0 amide bonds. The monoisotopic (exact) mass is 265 g/mol. The number of aromatic nitrogens is 1. The lowest BCUT2D eigenvalue weighted by atomic mass is 10.1. The maximum atomic E-state index is 11.2. The smallest absolute Gasteiger partial charge is 0.152 e. The van der Waals surface area contributed by atoms with Crippen LogP contribution in [0.4, 0.5) is 0 Å². The van der Waals surface area contributed by atoms with E-state index in [1.807, 2.05) is 43.5 Å². The molecule has 0 saturated carbocycles. The molecule has 100 valence electrons. The molecule has 0 atom stereocenters. The van der Waals surface area contributed by atoms with Gasteiger partial charge in [-0.2, -0.15) is 0 Å². The SMILES string of the molecule is Cc1cccc2c1c(C=O)cn2Cc1ccc(O)cc1. The molecule has 2 aromatic carbocycles. The minimum Gasteiger partial charge on any atom is -0.508 e. The predicted octanol–water partition coefficient (Wildman–Crippen LogP) is 3.52. The second-order valence-corrected chi connectivity index (χ2v) is 4.97. The predicted molar refractivity (Wildman–Crippen MR) is 79.3 cm³/mol. The molecule has 20 heavy (non-hydrogen) atoms. The van der Waals surface area contributed by atoms with Crippen LogP contribution in [0.15, 0.2) is 48.7 Å². The molecule has 0 spiro atoms. The molecule has 0 fully saturated rings. The molecule has 3 nitrogen and oxygen atoms in total. The number of aromatic hydroxyl groups is 1. The van der Waals surface area contributed by atoms with Crippen LogP contribution in [-0.4, -0.2) is 16.0 Å². The molecule has 1 aromatic heterocycles. The van der Waals surface area contributed by atoms with Crippen molar-refractivity contribution in [2.45, 2.75) is 13.5 Å². The zero-order valence-corrected chi connectivity index (χ0v) is 11.2. The lowest BCUT2D eigenvalue weighted by Crippen LogP contribution is -1.97. The summed E-state index contributed by atoms with van der Waals surface area (Å²) in [6.07, 6.45) is 2.79. The average molecular weight is 265 g/mol. The highest BCUT2D eigenvalue weighted by molar-refractivity contribution is 5.99. The number of rotatable bonds is 3. The Morgan fingerprint density at radius 1 is 1.15 bits per heavy atom. The van der Waals surface area contributed by atoms with Crippen molar-refractivity contribution in [3.63, 3.8) is 0 Å². The van der Waals surface area contributed by atoms with E-state index in [0.29, 0.717) is 6.54 Å². The van der Waals surface area contributed by atoms with Crippen molar-refractivity contribution >= 4 is 17.2 Å². The van der Waals surface area contributed by atoms with Gasteiger partial charge in [0.1, 0.15) is 5.75 Å². The summed E-state index contributed by atoms with van der Waals surface area (Å²) in [6.45, 7) is 2.69. The van der Waals surface area contributed by atoms with Gasteiger partial charge in [-0.15, -0.1) is 0 Å². The van der Waals surface area contributed by atoms with E-state index in [2.05, 4.69) is 4.57 Å². The zero-order valence-electron chi connectivity index (χ0n) is 11.2. The third kappa shape index (κ3) is 2.07. The number of benzene rings is 2. The fourth-order valence-electron chi connectivity index (χ4n) is 2.59. The molecule has 0 aliphatic heterocycles. The quantitative estimate of drug-likeness (QED) is 0.736. The van der Waals surface area contributed by atoms with Crippen molar-refractivity contribution in [3.05, 3.63) is 65.4 Å². The number of hydrogen-bond acceptors (Lipinski definition) is 2. The summed E-state index contributed by atoms with van der Waals surface area (Å²) >= 11 is 0. The molecular weight excluding hydrogens is 250 g/mol. The third-order valence-electron chi connectivity index (χ3n) is 3.56. The first-order valence-corrected chi connectivity index (χ1v) is 6.50. The zero-order chi connectivity index (χ0) is 14.1. The summed E-state index contributed by atoms with van der Waals surface area (Å²) in [6, 6.07) is 13.2. The van der Waals surface area contributed by atoms with Gasteiger partial charge in [0.05, 0.1) is 0 Å². The first-order chi connectivity index (χ1) is 9.69. The Labute approximate surface area is 117 Å². The number of carbonyl (C=O) groups is 1. The number of carbonyl (C=O) groups excluding carboxylic acids is 1. The topological polar surface area (TPSA) is 42.2 Å². The van der Waals surface area contributed by atoms with Crippen LogP contribution in [0.3, 0.4) is 0 Å². The molecule has 3 heteroatoms. The summed E-state index contributed by atoms with van der Waals surface area (Å²) in [4.78, 5) is 11.2. The molecular formula is C17H15NO2. The van der Waals surface area contributed by atoms with Crippen LogP contribution in [0.2, 0.25) is 0 Å². The molecule has 0 aliphatic carbocycles. The van der Waals surface area contributed by atoms with E-state index in [9.17, 15) is 9.90 Å². The standard InChI is InChI=1S/C17H15NO2/c1-12-3-2-4-16-17(12)14(11-19)10-18(16)9-13-5-7-15(20)8-6-13/h2-8,10-11,20H,9H2,1H3. The summed E-state index contributed by atoms with van der Waals surface area (Å²) in [7, 11) is 0. The Kier molecular flexibility index (Phi) is 3.03. The first-order valence-electron chi connectivity index (χ1n) is 6.50. The van der Waals surface area contributed by atoms with Crippen LogP contribution >= 0.6 is 0 Å². The highest BCUT2D eigenvalue weighted by Gasteiger charge is 2.10. The van der Waals surface area contributed by atoms with E-state index >= 15 is 0 Å². The number of hydrogen-bond donors (Lipinski definition) is 1. The highest BCUT2D eigenvalue weighted by atomic mass is 16.3. The number of nitrogens with zero attached hydrogens (tertiary/aromatic N) is 1. The van der Waals surface area contributed by atoms with E-state index in [0.717, 1.165) is 33.9 Å². The molecule has 3 aromatic rings. The van der Waals surface area contributed by atoms with E-state index < -0.39 is 0 Å². The van der Waals surface area contributed by atoms with Gasteiger partial charge < -0.3 is 9.67 Å². The van der Waals surface area contributed by atoms with Gasteiger partial charge in [0.25, 0.3) is 0 Å². The van der Waals surface area contributed by atoms with Gasteiger partial charge in [-0.1, -0.05) is 24.3 Å². The van der Waals surface area contributed by atoms with Gasteiger partial charge in [-0.3, -0.25) is 4.79 Å². The maximum Gasteiger partial charge on any atom is 0.152 e. The van der Waals surface area contributed by atoms with Crippen molar-refractivity contribution in [2.24, 2.45) is 0 Å². The Balaban J connectivity index is 2.10. The molecule has 0 aliphatic rings. The average Bonchev–Trinajstić information content (AvgIpc) is 2.81. The minimum atomic E-state index is 0.260. The summed E-state index contributed by atoms with van der Waals surface area (Å²) < 4.78 is 2.07. The maximum absolute atomic E-state index is 11.2. The normalized spacial score (nSPS) is 10.8. The molecule has 0 radical (unpaired) electrons. The van der Waals surface area contributed by atoms with Crippen molar-refractivity contribution in [3.8, 4) is 5.75 Å². The molecule has 3 rings (SSSR count). The lowest BCUT2D eigenvalue weighted by Gasteiger charge is -2.06. The second kappa shape index (κ2) is 4.85. The number of phenols is 1. The first kappa shape index (κ1) is 12.5. The Hall–Kier alpha value is -2.55. The number of aldehydes is 1. The molecule has 1 heterocycles. The van der Waals surface area contributed by atoms with Crippen molar-refractivity contribution in [1.82, 2.24) is 4.57 Å². The number of fused-ring (bicyclic) bond motifs is 1. The fourth-order valence-corrected chi connectivity index (χ4v) is 2.59. The van der Waals surface area contributed by atoms with Crippen LogP contribution in [0.1, 0.15) is 21.5 Å². The van der Waals surface area contributed by atoms with Crippen LogP contribution in [-0.2, 0) is 6.54 Å². The summed E-state index contributed by atoms with van der Waals surface area (Å²) in [5, 5.41) is 10.3. The fraction of sp³-hybridized carbons (Fsp3) is 0.118. The van der Waals surface area contributed by atoms with Gasteiger partial charge in [-0.25, -0.2) is 0 Å². The molecule has 0 saturated heterocycles. The molecule has 0 unspecified atom stereocenters. The summed E-state index contributed by atoms with van der Waals surface area (Å²) in [5.41, 5.74) is 3.96. The van der Waals surface area contributed by atoms with Gasteiger partial charge >= 0.3 is 0 Å². The molecule has 0 bridgehead atoms. The van der Waals surface area contributed by atoms with E-state index in [1.54, 1.807) is 12.1 Å². The highest BCUT2D eigenvalue weighted by Crippen LogP contribution is 2.24. The minimum absolute atomic E-state index is 0.260. The Morgan fingerprint density at radius 2 is 1.90 bits per heavy atom. The number of aryl methyl sites for hydroxylation is 1. The van der Waals surface area contributed by atoms with E-state index in [-0.39, 0.29) is 5.75 Å². The van der Waals surface area contributed by atoms with Crippen molar-refractivity contribution in [2.75, 3.05) is 0 Å². The van der Waals surface area contributed by atoms with E-state index in [1.165, 1.54) is 0 Å². The molecule has 1 N–H and O–H groups in total. The number of phenolic OH excluding ortho intramolecular Hbond substituents is 1. The van der Waals surface area contributed by atoms with Gasteiger partial charge in [-0.05, 0) is 36.2 Å². The Morgan fingerprint density at radius 3 is 2.60 bits per heavy atom. The van der Waals surface area contributed by atoms with Gasteiger partial charge in [0.2, 0.25) is 0 Å². The third-order valence-corrected chi connectivity index (χ3v) is 3.56. The second-order valence-electron chi connectivity index (χ2n) is 4.97. The van der Waals surface area contributed by atoms with E-state index in [4.69, 9.17) is 0 Å². The lowest BCUT2D eigenvalue weighted by molar-refractivity contribution is 0.112. The summed E-state index contributed by atoms with van der Waals surface area (Å²) in [5.74, 6) is 0.260. The van der Waals surface area contributed by atoms with Crippen LogP contribution < -0.4 is 0 Å². The van der Waals surface area contributed by atoms with Crippen LogP contribution in [0, 0.1) is 6.92 Å². The van der Waals surface area contributed by atoms with Crippen LogP contribution in [0.25, 0.3) is 10.9 Å². The van der Waals surface area contributed by atoms with Crippen LogP contribution in [0.5, 0.6) is 5.75 Å². The van der Waals surface area contributed by atoms with Gasteiger partial charge in [0, 0.05) is 29.2 Å².